The van der Waals surface area contributed by atoms with E-state index in [4.69, 9.17) is 5.11 Å². The van der Waals surface area contributed by atoms with Crippen molar-refractivity contribution in [2.24, 2.45) is 5.41 Å². The summed E-state index contributed by atoms with van der Waals surface area (Å²) < 4.78 is 25.8. The predicted octanol–water partition coefficient (Wildman–Crippen LogP) is 1.50. The molecular weight excluding hydrogens is 226 g/mol. The molecule has 0 spiro atoms. The molecule has 2 N–H and O–H groups in total. The highest BCUT2D eigenvalue weighted by Gasteiger charge is 2.20. The van der Waals surface area contributed by atoms with Crippen LogP contribution in [0.15, 0.2) is 0 Å². The van der Waals surface area contributed by atoms with Gasteiger partial charge in [-0.05, 0) is 18.3 Å². The van der Waals surface area contributed by atoms with E-state index in [1.54, 1.807) is 0 Å². The second-order valence-electron chi connectivity index (χ2n) is 5.35. The zero-order chi connectivity index (χ0) is 12.7. The van der Waals surface area contributed by atoms with Crippen molar-refractivity contribution in [1.82, 2.24) is 4.72 Å². The van der Waals surface area contributed by atoms with Crippen LogP contribution >= 0.6 is 0 Å². The molecule has 0 saturated heterocycles. The molecule has 0 aliphatic rings. The predicted molar refractivity (Wildman–Crippen MR) is 66.8 cm³/mol. The number of sulfonamides is 1. The number of rotatable bonds is 8. The van der Waals surface area contributed by atoms with Gasteiger partial charge >= 0.3 is 0 Å². The van der Waals surface area contributed by atoms with Crippen molar-refractivity contribution in [2.75, 3.05) is 18.9 Å². The number of hydrogen-bond acceptors (Lipinski definition) is 3. The highest BCUT2D eigenvalue weighted by atomic mass is 32.2. The lowest BCUT2D eigenvalue weighted by molar-refractivity contribution is 0.282. The van der Waals surface area contributed by atoms with Crippen LogP contribution in [0.2, 0.25) is 0 Å². The minimum Gasteiger partial charge on any atom is -0.396 e. The maximum Gasteiger partial charge on any atom is 0.212 e. The van der Waals surface area contributed by atoms with Crippen LogP contribution in [0.1, 0.15) is 46.5 Å². The van der Waals surface area contributed by atoms with E-state index in [2.05, 4.69) is 4.72 Å². The first-order valence-corrected chi connectivity index (χ1v) is 7.50. The van der Waals surface area contributed by atoms with Crippen LogP contribution in [0, 0.1) is 5.41 Å². The summed E-state index contributed by atoms with van der Waals surface area (Å²) in [4.78, 5) is 0. The first-order chi connectivity index (χ1) is 7.27. The van der Waals surface area contributed by atoms with E-state index < -0.39 is 10.0 Å². The fraction of sp³-hybridized carbons (Fsp3) is 1.00. The van der Waals surface area contributed by atoms with Gasteiger partial charge in [-0.1, -0.05) is 33.6 Å². The minimum atomic E-state index is -3.13. The van der Waals surface area contributed by atoms with Crippen LogP contribution in [0.4, 0.5) is 0 Å². The summed E-state index contributed by atoms with van der Waals surface area (Å²) in [5.41, 5.74) is -0.206. The third-order valence-electron chi connectivity index (χ3n) is 2.03. The molecule has 0 aromatic heterocycles. The van der Waals surface area contributed by atoms with Crippen molar-refractivity contribution < 1.29 is 13.5 Å². The van der Waals surface area contributed by atoms with E-state index in [-0.39, 0.29) is 17.8 Å². The van der Waals surface area contributed by atoms with Crippen molar-refractivity contribution in [3.8, 4) is 0 Å². The van der Waals surface area contributed by atoms with Crippen molar-refractivity contribution in [3.63, 3.8) is 0 Å². The smallest absolute Gasteiger partial charge is 0.212 e. The normalized spacial score (nSPS) is 13.0. The summed E-state index contributed by atoms with van der Waals surface area (Å²) >= 11 is 0. The number of nitrogens with one attached hydrogen (secondary N) is 1. The summed E-state index contributed by atoms with van der Waals surface area (Å²) in [7, 11) is -3.13. The molecule has 0 aromatic rings. The molecular formula is C11H25NO3S. The van der Waals surface area contributed by atoms with Crippen molar-refractivity contribution in [3.05, 3.63) is 0 Å². The van der Waals surface area contributed by atoms with E-state index in [1.165, 1.54) is 0 Å². The van der Waals surface area contributed by atoms with E-state index in [9.17, 15) is 8.42 Å². The van der Waals surface area contributed by atoms with Gasteiger partial charge in [-0.25, -0.2) is 13.1 Å². The van der Waals surface area contributed by atoms with Crippen LogP contribution in [-0.4, -0.2) is 32.4 Å². The number of aliphatic hydroxyl groups excluding tert-OH is 1. The number of aliphatic hydroxyl groups is 1. The molecule has 0 amide bonds. The van der Waals surface area contributed by atoms with Gasteiger partial charge in [0, 0.05) is 13.2 Å². The SMILES string of the molecule is CC(C)(C)CS(=O)(=O)NCCCCCCO. The Morgan fingerprint density at radius 2 is 1.62 bits per heavy atom. The van der Waals surface area contributed by atoms with Crippen LogP contribution in [0.25, 0.3) is 0 Å². The summed E-state index contributed by atoms with van der Waals surface area (Å²) in [6, 6.07) is 0. The van der Waals surface area contributed by atoms with Gasteiger partial charge in [0.1, 0.15) is 0 Å². The molecule has 0 aliphatic heterocycles. The van der Waals surface area contributed by atoms with Crippen molar-refractivity contribution in [1.29, 1.82) is 0 Å². The lowest BCUT2D eigenvalue weighted by Gasteiger charge is -2.18. The van der Waals surface area contributed by atoms with Gasteiger partial charge < -0.3 is 5.11 Å². The average Bonchev–Trinajstić information content (AvgIpc) is 2.06. The van der Waals surface area contributed by atoms with Crippen molar-refractivity contribution >= 4 is 10.0 Å². The third kappa shape index (κ3) is 10.4. The molecule has 0 rings (SSSR count). The third-order valence-corrected chi connectivity index (χ3v) is 3.92. The Hall–Kier alpha value is -0.130. The van der Waals surface area contributed by atoms with Gasteiger partial charge in [-0.3, -0.25) is 0 Å². The number of hydrogen-bond donors (Lipinski definition) is 2. The summed E-state index contributed by atoms with van der Waals surface area (Å²) in [6.45, 7) is 6.45. The fourth-order valence-corrected chi connectivity index (χ4v) is 3.14. The first-order valence-electron chi connectivity index (χ1n) is 5.85. The van der Waals surface area contributed by atoms with Crippen LogP contribution < -0.4 is 4.72 Å². The standard InChI is InChI=1S/C11H25NO3S/c1-11(2,3)10-16(14,15)12-8-6-4-5-7-9-13/h12-13H,4-10H2,1-3H3. The number of unbranched alkanes of at least 4 members (excludes halogenated alkanes) is 3. The molecule has 5 heteroatoms. The maximum absolute atomic E-state index is 11.6. The molecule has 16 heavy (non-hydrogen) atoms. The lowest BCUT2D eigenvalue weighted by Crippen LogP contribution is -2.32. The highest BCUT2D eigenvalue weighted by Crippen LogP contribution is 2.15. The van der Waals surface area contributed by atoms with Gasteiger partial charge in [0.2, 0.25) is 10.0 Å². The van der Waals surface area contributed by atoms with Crippen LogP contribution in [-0.2, 0) is 10.0 Å². The summed E-state index contributed by atoms with van der Waals surface area (Å²) in [6.07, 6.45) is 3.55. The Kier molecular flexibility index (Phi) is 7.19. The molecule has 0 saturated carbocycles. The highest BCUT2D eigenvalue weighted by molar-refractivity contribution is 7.89. The molecule has 0 unspecified atom stereocenters. The lowest BCUT2D eigenvalue weighted by atomic mass is 10.0. The zero-order valence-electron chi connectivity index (χ0n) is 10.6. The van der Waals surface area contributed by atoms with Crippen LogP contribution in [0.3, 0.4) is 0 Å². The summed E-state index contributed by atoms with van der Waals surface area (Å²) in [5.74, 6) is 0.163. The monoisotopic (exact) mass is 251 g/mol. The summed E-state index contributed by atoms with van der Waals surface area (Å²) in [5, 5.41) is 8.57. The largest absolute Gasteiger partial charge is 0.396 e. The molecule has 0 atom stereocenters. The van der Waals surface area contributed by atoms with Crippen LogP contribution in [0.5, 0.6) is 0 Å². The molecule has 98 valence electrons. The molecule has 0 radical (unpaired) electrons. The Morgan fingerprint density at radius 1 is 1.06 bits per heavy atom. The van der Waals surface area contributed by atoms with E-state index >= 15 is 0 Å². The van der Waals surface area contributed by atoms with Gasteiger partial charge in [-0.2, -0.15) is 0 Å². The molecule has 0 heterocycles. The van der Waals surface area contributed by atoms with E-state index in [1.807, 2.05) is 20.8 Å². The molecule has 0 aliphatic carbocycles. The van der Waals surface area contributed by atoms with Crippen molar-refractivity contribution in [2.45, 2.75) is 46.5 Å². The van der Waals surface area contributed by atoms with Gasteiger partial charge in [0.15, 0.2) is 0 Å². The Balaban J connectivity index is 3.68. The minimum absolute atomic E-state index is 0.163. The molecule has 0 bridgehead atoms. The second kappa shape index (κ2) is 7.25. The Morgan fingerprint density at radius 3 is 2.12 bits per heavy atom. The Labute approximate surface area is 99.5 Å². The van der Waals surface area contributed by atoms with Gasteiger partial charge in [-0.15, -0.1) is 0 Å². The molecule has 0 aromatic carbocycles. The molecule has 4 nitrogen and oxygen atoms in total. The van der Waals surface area contributed by atoms with Gasteiger partial charge in [0.05, 0.1) is 5.75 Å². The maximum atomic E-state index is 11.6. The fourth-order valence-electron chi connectivity index (χ4n) is 1.44. The first kappa shape index (κ1) is 15.9. The Bertz CT molecular complexity index is 267. The average molecular weight is 251 g/mol. The topological polar surface area (TPSA) is 66.4 Å². The van der Waals surface area contributed by atoms with E-state index in [0.717, 1.165) is 25.7 Å². The molecule has 0 fully saturated rings. The second-order valence-corrected chi connectivity index (χ2v) is 7.16. The quantitative estimate of drug-likeness (QED) is 0.643. The zero-order valence-corrected chi connectivity index (χ0v) is 11.4. The van der Waals surface area contributed by atoms with E-state index in [0.29, 0.717) is 6.54 Å². The van der Waals surface area contributed by atoms with Gasteiger partial charge in [0.25, 0.3) is 0 Å².